The Morgan fingerprint density at radius 1 is 1.46 bits per heavy atom. The molecule has 1 fully saturated rings. The van der Waals surface area contributed by atoms with Gasteiger partial charge in [-0.05, 0) is 56.9 Å². The molecule has 0 bridgehead atoms. The number of piperidine rings is 1. The Morgan fingerprint density at radius 3 is 2.96 bits per heavy atom. The minimum Gasteiger partial charge on any atom is -0.357 e. The molecule has 5 heteroatoms. The van der Waals surface area contributed by atoms with E-state index in [0.717, 1.165) is 45.0 Å². The molecule has 0 saturated carbocycles. The van der Waals surface area contributed by atoms with E-state index in [1.807, 2.05) is 6.20 Å². The first-order valence-corrected chi connectivity index (χ1v) is 9.60. The summed E-state index contributed by atoms with van der Waals surface area (Å²) in [5, 5.41) is 10.6. The van der Waals surface area contributed by atoms with Gasteiger partial charge in [0.1, 0.15) is 0 Å². The van der Waals surface area contributed by atoms with Crippen molar-refractivity contribution in [2.45, 2.75) is 66.2 Å². The van der Waals surface area contributed by atoms with Crippen LogP contribution in [0.4, 0.5) is 0 Å². The fourth-order valence-electron chi connectivity index (χ4n) is 3.81. The minimum absolute atomic E-state index is 0.442. The molecule has 136 valence electrons. The Balaban J connectivity index is 1.91. The van der Waals surface area contributed by atoms with E-state index in [0.29, 0.717) is 5.41 Å². The third-order valence-electron chi connectivity index (χ3n) is 5.07. The van der Waals surface area contributed by atoms with Crippen molar-refractivity contribution < 1.29 is 0 Å². The molecule has 0 aromatic carbocycles. The monoisotopic (exact) mass is 333 g/mol. The van der Waals surface area contributed by atoms with Crippen LogP contribution in [0.2, 0.25) is 0 Å². The second kappa shape index (κ2) is 9.09. The zero-order chi connectivity index (χ0) is 17.4. The largest absolute Gasteiger partial charge is 0.357 e. The number of guanidine groups is 1. The van der Waals surface area contributed by atoms with Gasteiger partial charge in [0.05, 0.1) is 6.20 Å². The van der Waals surface area contributed by atoms with E-state index in [-0.39, 0.29) is 0 Å². The topological polar surface area (TPSA) is 56.3 Å². The molecule has 0 radical (unpaired) electrons. The standard InChI is InChI=1S/C19H35N5/c1-5-10-19(4)11-8-13-24(15-19)18(20-6-2)21-12-7-9-17-14-22-23-16(17)3/h14H,5-13,15H2,1-4H3,(H,20,21)(H,22,23). The normalized spacial score (nSPS) is 22.0. The van der Waals surface area contributed by atoms with Crippen LogP contribution in [-0.4, -0.2) is 47.2 Å². The van der Waals surface area contributed by atoms with E-state index in [4.69, 9.17) is 4.99 Å². The zero-order valence-corrected chi connectivity index (χ0v) is 16.0. The van der Waals surface area contributed by atoms with Gasteiger partial charge in [-0.3, -0.25) is 10.1 Å². The lowest BCUT2D eigenvalue weighted by Crippen LogP contribution is -2.49. The molecule has 2 heterocycles. The van der Waals surface area contributed by atoms with Gasteiger partial charge in [0.25, 0.3) is 0 Å². The number of H-pyrrole nitrogens is 1. The molecule has 1 aromatic heterocycles. The van der Waals surface area contributed by atoms with Crippen LogP contribution in [0, 0.1) is 12.3 Å². The number of aryl methyl sites for hydroxylation is 2. The molecule has 0 aliphatic carbocycles. The van der Waals surface area contributed by atoms with Crippen molar-refractivity contribution in [3.05, 3.63) is 17.5 Å². The summed E-state index contributed by atoms with van der Waals surface area (Å²) in [7, 11) is 0. The molecular weight excluding hydrogens is 298 g/mol. The van der Waals surface area contributed by atoms with Gasteiger partial charge in [0, 0.05) is 31.9 Å². The Kier molecular flexibility index (Phi) is 7.13. The van der Waals surface area contributed by atoms with Crippen molar-refractivity contribution in [2.75, 3.05) is 26.2 Å². The quantitative estimate of drug-likeness (QED) is 0.456. The summed E-state index contributed by atoms with van der Waals surface area (Å²) in [6, 6.07) is 0. The number of aromatic amines is 1. The van der Waals surface area contributed by atoms with Crippen LogP contribution in [-0.2, 0) is 6.42 Å². The van der Waals surface area contributed by atoms with Crippen LogP contribution in [0.25, 0.3) is 0 Å². The fourth-order valence-corrected chi connectivity index (χ4v) is 3.81. The molecule has 5 nitrogen and oxygen atoms in total. The van der Waals surface area contributed by atoms with Crippen LogP contribution in [0.15, 0.2) is 11.2 Å². The number of likely N-dealkylation sites (tertiary alicyclic amines) is 1. The number of aromatic nitrogens is 2. The predicted octanol–water partition coefficient (Wildman–Crippen LogP) is 3.52. The summed E-state index contributed by atoms with van der Waals surface area (Å²) in [4.78, 5) is 7.37. The van der Waals surface area contributed by atoms with Gasteiger partial charge in [0.2, 0.25) is 0 Å². The van der Waals surface area contributed by atoms with E-state index in [1.54, 1.807) is 0 Å². The van der Waals surface area contributed by atoms with Crippen LogP contribution >= 0.6 is 0 Å². The molecule has 1 atom stereocenters. The zero-order valence-electron chi connectivity index (χ0n) is 16.0. The highest BCUT2D eigenvalue weighted by atomic mass is 15.3. The maximum absolute atomic E-state index is 4.89. The summed E-state index contributed by atoms with van der Waals surface area (Å²) in [6.07, 6.45) is 9.23. The first-order chi connectivity index (χ1) is 11.6. The van der Waals surface area contributed by atoms with Gasteiger partial charge in [-0.25, -0.2) is 0 Å². The molecule has 2 rings (SSSR count). The van der Waals surface area contributed by atoms with E-state index in [9.17, 15) is 0 Å². The van der Waals surface area contributed by atoms with Crippen LogP contribution in [0.3, 0.4) is 0 Å². The number of nitrogens with one attached hydrogen (secondary N) is 2. The molecule has 1 aromatic rings. The summed E-state index contributed by atoms with van der Waals surface area (Å²) in [6.45, 7) is 13.0. The number of hydrogen-bond donors (Lipinski definition) is 2. The SMILES string of the molecule is CCCC1(C)CCCN(C(=NCCCc2cn[nH]c2C)NCC)C1. The van der Waals surface area contributed by atoms with Crippen LogP contribution in [0.5, 0.6) is 0 Å². The highest BCUT2D eigenvalue weighted by Gasteiger charge is 2.31. The van der Waals surface area contributed by atoms with Gasteiger partial charge >= 0.3 is 0 Å². The van der Waals surface area contributed by atoms with Crippen molar-refractivity contribution in [1.29, 1.82) is 0 Å². The van der Waals surface area contributed by atoms with Gasteiger partial charge in [-0.1, -0.05) is 20.3 Å². The van der Waals surface area contributed by atoms with Crippen molar-refractivity contribution >= 4 is 5.96 Å². The smallest absolute Gasteiger partial charge is 0.193 e. The summed E-state index contributed by atoms with van der Waals surface area (Å²) < 4.78 is 0. The number of aliphatic imine (C=N–C) groups is 1. The van der Waals surface area contributed by atoms with E-state index in [1.165, 1.54) is 36.9 Å². The van der Waals surface area contributed by atoms with Crippen LogP contribution in [0.1, 0.15) is 64.1 Å². The summed E-state index contributed by atoms with van der Waals surface area (Å²) in [5.41, 5.74) is 2.93. The van der Waals surface area contributed by atoms with Gasteiger partial charge in [-0.2, -0.15) is 5.10 Å². The lowest BCUT2D eigenvalue weighted by Gasteiger charge is -2.42. The molecule has 1 unspecified atom stereocenters. The van der Waals surface area contributed by atoms with Crippen molar-refractivity contribution in [3.63, 3.8) is 0 Å². The molecular formula is C19H35N5. The van der Waals surface area contributed by atoms with Crippen molar-refractivity contribution in [2.24, 2.45) is 10.4 Å². The van der Waals surface area contributed by atoms with Gasteiger partial charge < -0.3 is 10.2 Å². The molecule has 1 aliphatic rings. The second-order valence-electron chi connectivity index (χ2n) is 7.45. The average Bonchev–Trinajstić information content (AvgIpc) is 2.95. The Hall–Kier alpha value is -1.52. The summed E-state index contributed by atoms with van der Waals surface area (Å²) in [5.74, 6) is 1.10. The number of nitrogens with zero attached hydrogens (tertiary/aromatic N) is 3. The number of hydrogen-bond acceptors (Lipinski definition) is 2. The van der Waals surface area contributed by atoms with E-state index >= 15 is 0 Å². The highest BCUT2D eigenvalue weighted by molar-refractivity contribution is 5.80. The van der Waals surface area contributed by atoms with Gasteiger partial charge in [-0.15, -0.1) is 0 Å². The molecule has 24 heavy (non-hydrogen) atoms. The second-order valence-corrected chi connectivity index (χ2v) is 7.45. The average molecular weight is 334 g/mol. The summed E-state index contributed by atoms with van der Waals surface area (Å²) >= 11 is 0. The molecule has 1 aliphatic heterocycles. The third-order valence-corrected chi connectivity index (χ3v) is 5.07. The number of rotatable bonds is 7. The minimum atomic E-state index is 0.442. The third kappa shape index (κ3) is 5.25. The molecule has 0 amide bonds. The predicted molar refractivity (Wildman–Crippen MR) is 101 cm³/mol. The first kappa shape index (κ1) is 18.8. The lowest BCUT2D eigenvalue weighted by atomic mass is 9.78. The molecule has 2 N–H and O–H groups in total. The van der Waals surface area contributed by atoms with Crippen LogP contribution < -0.4 is 5.32 Å². The Morgan fingerprint density at radius 2 is 2.29 bits per heavy atom. The van der Waals surface area contributed by atoms with Gasteiger partial charge in [0.15, 0.2) is 5.96 Å². The Bertz CT molecular complexity index is 518. The first-order valence-electron chi connectivity index (χ1n) is 9.60. The fraction of sp³-hybridized carbons (Fsp3) is 0.789. The van der Waals surface area contributed by atoms with Crippen molar-refractivity contribution in [1.82, 2.24) is 20.4 Å². The highest BCUT2D eigenvalue weighted by Crippen LogP contribution is 2.33. The molecule has 1 saturated heterocycles. The van der Waals surface area contributed by atoms with E-state index < -0.39 is 0 Å². The maximum Gasteiger partial charge on any atom is 0.193 e. The van der Waals surface area contributed by atoms with E-state index in [2.05, 4.69) is 48.1 Å². The molecule has 0 spiro atoms. The Labute approximate surface area is 147 Å². The van der Waals surface area contributed by atoms with Crippen molar-refractivity contribution in [3.8, 4) is 0 Å². The lowest BCUT2D eigenvalue weighted by molar-refractivity contribution is 0.142. The maximum atomic E-state index is 4.89.